The van der Waals surface area contributed by atoms with Gasteiger partial charge in [-0.2, -0.15) is 23.2 Å². The summed E-state index contributed by atoms with van der Waals surface area (Å²) in [4.78, 5) is -0.918. The summed E-state index contributed by atoms with van der Waals surface area (Å²) in [6.45, 7) is 0. The number of azo groups is 2. The average Bonchev–Trinajstić information content (AvgIpc) is 0.709. The molecule has 10 aromatic carbocycles. The van der Waals surface area contributed by atoms with Crippen molar-refractivity contribution in [1.82, 2.24) is 0 Å². The second-order valence-corrected chi connectivity index (χ2v) is 28.8. The Labute approximate surface area is 878 Å². The predicted molar refractivity (Wildman–Crippen MR) is 437 cm³/mol. The minimum absolute atomic E-state index is 0. The number of thiocarbonyl (C=S) groups is 4. The number of nitrogens with one attached hydrogen (secondary N) is 8. The molecule has 0 unspecified atom stereocenters. The SMILES string of the molecule is [CH3-].[CH3-].[CH3-].[CH3-].[NH-]C(=S)Nc1ccc(/C=C/c2ccc(NC(=S)Nc3c(N=Nc4ccc(-c5ccc(N=Nc6cc(S(=O)(=O)[O-])c7ccccc7c6NC(=S)Nc6ccc(/C=C/c7ccc(NC([NH-])=S)cc7S(=O)(=O)[O-])c(SOO[O-])c6)cc5)cc4)cc(SOO[O-])c4ccccc34)cc2S(=O)(=O)[O-])c(SOO[O-])c1.[NH2-].[NH2-].[Na+].[Na+].[Na+].[Na+].[Na+].[Na+].[Pt+4].[Pt+4]. The molecule has 12 N–H and O–H groups in total. The van der Waals surface area contributed by atoms with Crippen LogP contribution in [0.2, 0.25) is 0 Å². The van der Waals surface area contributed by atoms with Crippen LogP contribution in [0, 0.1) is 29.7 Å². The van der Waals surface area contributed by atoms with E-state index in [0.29, 0.717) is 102 Å². The summed E-state index contributed by atoms with van der Waals surface area (Å²) in [5, 5.41) is 78.7. The normalized spacial score (nSPS) is 10.6. The molecule has 0 spiro atoms. The van der Waals surface area contributed by atoms with E-state index in [2.05, 4.69) is 76.1 Å². The van der Waals surface area contributed by atoms with E-state index in [4.69, 9.17) is 64.7 Å². The van der Waals surface area contributed by atoms with E-state index in [9.17, 15) is 54.7 Å². The number of anilines is 6. The Morgan fingerprint density at radius 3 is 1.03 bits per heavy atom. The zero-order valence-corrected chi connectivity index (χ0v) is 88.3. The number of hydrogen-bond acceptors (Lipinski definition) is 29. The molecule has 10 aromatic rings. The summed E-state index contributed by atoms with van der Waals surface area (Å²) < 4.78 is 127. The molecule has 0 fully saturated rings. The minimum Gasteiger partial charge on any atom is -0.744 e. The van der Waals surface area contributed by atoms with Crippen LogP contribution in [0.4, 0.5) is 56.9 Å². The van der Waals surface area contributed by atoms with Crippen molar-refractivity contribution in [1.29, 1.82) is 0 Å². The maximum absolute atomic E-state index is 12.8. The fraction of sp³-hybridized carbons (Fsp3) is 0. The largest absolute Gasteiger partial charge is 4.00 e. The molecule has 0 heterocycles. The summed E-state index contributed by atoms with van der Waals surface area (Å²) in [7, 11) is -15.2. The molecule has 0 amide bonds. The molecule has 0 saturated carbocycles. The Morgan fingerprint density at radius 2 is 0.669 bits per heavy atom. The third-order valence-electron chi connectivity index (χ3n) is 14.3. The fourth-order valence-corrected chi connectivity index (χ4v) is 14.2. The van der Waals surface area contributed by atoms with Crippen molar-refractivity contribution < 1.29 is 302 Å². The Balaban J connectivity index is -0.00000304. The first-order valence-corrected chi connectivity index (χ1v) is 36.9. The summed E-state index contributed by atoms with van der Waals surface area (Å²) in [5.41, 5.74) is 19.2. The molecule has 32 nitrogen and oxygen atoms in total. The van der Waals surface area contributed by atoms with Crippen LogP contribution in [0.3, 0.4) is 0 Å². The number of nitrogens with two attached hydrogens (primary N) is 2. The molecular formula is C68H58N14Na6O18Pt2S10. The molecule has 0 atom stereocenters. The predicted octanol–water partition coefficient (Wildman–Crippen LogP) is -0.394. The topological polar surface area (TPSA) is 532 Å². The Morgan fingerprint density at radius 1 is 0.364 bits per heavy atom. The van der Waals surface area contributed by atoms with Gasteiger partial charge in [0.05, 0.1) is 73.6 Å². The second kappa shape index (κ2) is 59.0. The number of benzene rings is 10. The zero-order valence-electron chi connectivity index (χ0n) is 63.6. The van der Waals surface area contributed by atoms with Crippen LogP contribution < -0.4 is 225 Å². The van der Waals surface area contributed by atoms with E-state index in [0.717, 1.165) is 23.8 Å². The molecule has 50 heteroatoms. The summed E-state index contributed by atoms with van der Waals surface area (Å²) >= 11 is 22.6. The summed E-state index contributed by atoms with van der Waals surface area (Å²) in [5.74, 6) is 0. The monoisotopic (exact) mass is 2210 g/mol. The minimum atomic E-state index is -5.12. The first kappa shape index (κ1) is 124. The molecule has 0 aliphatic heterocycles. The average molecular weight is 2210 g/mol. The van der Waals surface area contributed by atoms with E-state index >= 15 is 0 Å². The fourth-order valence-electron chi connectivity index (χ4n) is 9.92. The Hall–Kier alpha value is -2.12. The maximum Gasteiger partial charge on any atom is 4.00 e. The van der Waals surface area contributed by atoms with Gasteiger partial charge in [0, 0.05) is 52.4 Å². The number of fused-ring (bicyclic) bond motifs is 2. The van der Waals surface area contributed by atoms with Gasteiger partial charge in [-0.25, -0.2) is 25.3 Å². The van der Waals surface area contributed by atoms with Crippen molar-refractivity contribution in [2.75, 3.05) is 31.9 Å². The molecule has 0 radical (unpaired) electrons. The molecule has 10 rings (SSSR count). The van der Waals surface area contributed by atoms with E-state index in [-0.39, 0.29) is 332 Å². The Bertz CT molecular complexity index is 5530. The van der Waals surface area contributed by atoms with Gasteiger partial charge in [0.15, 0.2) is 10.2 Å². The third-order valence-corrected chi connectivity index (χ3v) is 19.5. The molecule has 0 bridgehead atoms. The third kappa shape index (κ3) is 35.6. The van der Waals surface area contributed by atoms with E-state index in [1.807, 2.05) is 0 Å². The van der Waals surface area contributed by atoms with Crippen molar-refractivity contribution in [2.45, 2.75) is 29.4 Å². The number of hydrogen-bond donors (Lipinski definition) is 6. The van der Waals surface area contributed by atoms with E-state index < -0.39 is 50.2 Å². The van der Waals surface area contributed by atoms with Gasteiger partial charge in [0.2, 0.25) is 0 Å². The standard InChI is InChI=1S/C64H50N12O18S10.4CH3.2H2N.6Na.2Pt/c65-61(95)67-43-25-17-37(53(29-43)99-92-89-77)9-12-40-20-28-46(32-57(40)103(83,84)85)70-64(98)71-59-49-7-3-1-5-47(49)55(101-94-91-79)33-51(59)75-73-41-21-13-35(14-22-41)36-15-23-42(24-16-36)74-76-52-34-58(104(86,87)88)48-6-2-4-8-50(48)60(52)72-63(97)69-44-26-18-38(54(30-44)100-93-90-78)10-11-39-19-27-45(68-62(66)96)31-56(39)102(80,81)82;;;;;;;;;;;;;;/h1-34H,(H16,65,66,67,68,69,70,71,72,73,74,75,76,77,78,79,80,81,82,83,84,85,86,87,88,95,96,97,98);4*1H3;2*1H2;;;;;;;;/q;6*-1;6*+1;2*+4/p-8. The molecule has 594 valence electrons. The van der Waals surface area contributed by atoms with E-state index in [1.165, 1.54) is 78.9 Å². The zero-order chi connectivity index (χ0) is 74.3. The van der Waals surface area contributed by atoms with Gasteiger partial charge >= 0.3 is 219 Å². The first-order chi connectivity index (χ1) is 49.7. The van der Waals surface area contributed by atoms with Gasteiger partial charge in [0.1, 0.15) is 41.7 Å². The molecular weight excluding hydrogens is 2150 g/mol. The molecule has 0 aromatic heterocycles. The van der Waals surface area contributed by atoms with Crippen molar-refractivity contribution in [3.63, 3.8) is 0 Å². The maximum atomic E-state index is 12.8. The van der Waals surface area contributed by atoms with Crippen molar-refractivity contribution in [2.24, 2.45) is 20.5 Å². The quantitative estimate of drug-likeness (QED) is 0.00439. The first-order valence-electron chi connectivity index (χ1n) is 28.8. The van der Waals surface area contributed by atoms with Gasteiger partial charge in [-0.05, 0) is 147 Å². The summed E-state index contributed by atoms with van der Waals surface area (Å²) in [6.07, 6.45) is 5.57. The molecule has 0 aliphatic rings. The van der Waals surface area contributed by atoms with Gasteiger partial charge in [0.25, 0.3) is 0 Å². The number of nitrogens with zero attached hydrogens (tertiary/aromatic N) is 4. The van der Waals surface area contributed by atoms with Crippen LogP contribution in [0.5, 0.6) is 0 Å². The van der Waals surface area contributed by atoms with Gasteiger partial charge in [-0.3, -0.25) is 15.1 Å². The van der Waals surface area contributed by atoms with Crippen LogP contribution in [0.15, 0.2) is 232 Å². The van der Waals surface area contributed by atoms with Crippen molar-refractivity contribution in [3.05, 3.63) is 258 Å². The van der Waals surface area contributed by atoms with Crippen LogP contribution in [0.1, 0.15) is 22.3 Å². The van der Waals surface area contributed by atoms with Crippen LogP contribution in [-0.4, -0.2) is 59.4 Å². The number of rotatable bonds is 27. The molecule has 0 saturated heterocycles. The van der Waals surface area contributed by atoms with Crippen molar-refractivity contribution in [3.8, 4) is 11.1 Å². The van der Waals surface area contributed by atoms with Gasteiger partial charge in [-0.15, -0.1) is 10.2 Å². The second-order valence-electron chi connectivity index (χ2n) is 20.9. The van der Waals surface area contributed by atoms with Gasteiger partial charge < -0.3 is 115 Å². The van der Waals surface area contributed by atoms with Crippen LogP contribution in [0.25, 0.3) is 80.7 Å². The Kier molecular flexibility index (Phi) is 62.2. The summed E-state index contributed by atoms with van der Waals surface area (Å²) in [6, 6.07) is 46.1. The van der Waals surface area contributed by atoms with Crippen LogP contribution >= 0.6 is 85.0 Å². The van der Waals surface area contributed by atoms with E-state index in [1.54, 1.807) is 109 Å². The van der Waals surface area contributed by atoms with Gasteiger partial charge in [-0.1, -0.05) is 158 Å². The van der Waals surface area contributed by atoms with Crippen LogP contribution in [-0.2, 0) is 101 Å². The molecule has 118 heavy (non-hydrogen) atoms. The smallest absolute Gasteiger partial charge is 0.744 e. The van der Waals surface area contributed by atoms with Crippen molar-refractivity contribution >= 4 is 239 Å². The molecule has 0 aliphatic carbocycles.